The molecule has 0 spiro atoms. The summed E-state index contributed by atoms with van der Waals surface area (Å²) in [6.45, 7) is 6.38. The van der Waals surface area contributed by atoms with E-state index in [1.807, 2.05) is 43.0 Å². The van der Waals surface area contributed by atoms with Gasteiger partial charge < -0.3 is 21.3 Å². The van der Waals surface area contributed by atoms with Gasteiger partial charge >= 0.3 is 6.03 Å². The Kier molecular flexibility index (Phi) is 6.82. The summed E-state index contributed by atoms with van der Waals surface area (Å²) in [6.07, 6.45) is 3.57. The molecule has 6 nitrogen and oxygen atoms in total. The molecule has 0 saturated carbocycles. The zero-order valence-electron chi connectivity index (χ0n) is 15.3. The van der Waals surface area contributed by atoms with E-state index in [0.29, 0.717) is 13.1 Å². The van der Waals surface area contributed by atoms with Gasteiger partial charge in [0.1, 0.15) is 0 Å². The molecule has 138 valence electrons. The van der Waals surface area contributed by atoms with Gasteiger partial charge in [0.15, 0.2) is 0 Å². The molecule has 0 aliphatic carbocycles. The number of benzene rings is 1. The second kappa shape index (κ2) is 8.85. The van der Waals surface area contributed by atoms with Crippen LogP contribution in [0.1, 0.15) is 45.1 Å². The highest BCUT2D eigenvalue weighted by Gasteiger charge is 2.32. The quantitative estimate of drug-likeness (QED) is 0.709. The van der Waals surface area contributed by atoms with E-state index in [2.05, 4.69) is 10.6 Å². The van der Waals surface area contributed by atoms with Crippen molar-refractivity contribution in [2.45, 2.75) is 46.1 Å². The normalized spacial score (nSPS) is 14.4. The SMILES string of the molecule is CCC(CC)(CN)C(=O)NCc1cccc(NC(=O)N2CCCC2)c1. The van der Waals surface area contributed by atoms with Gasteiger partial charge in [0.05, 0.1) is 5.41 Å². The Balaban J connectivity index is 1.94. The Hall–Kier alpha value is -2.08. The van der Waals surface area contributed by atoms with Gasteiger partial charge in [-0.2, -0.15) is 0 Å². The Labute approximate surface area is 150 Å². The van der Waals surface area contributed by atoms with Gasteiger partial charge in [0.25, 0.3) is 0 Å². The standard InChI is InChI=1S/C19H30N4O2/c1-3-19(4-2,14-20)17(24)21-13-15-8-7-9-16(12-15)22-18(25)23-10-5-6-11-23/h7-9,12H,3-6,10-11,13-14,20H2,1-2H3,(H,21,24)(H,22,25). The minimum absolute atomic E-state index is 0.00787. The van der Waals surface area contributed by atoms with E-state index in [4.69, 9.17) is 5.73 Å². The topological polar surface area (TPSA) is 87.5 Å². The van der Waals surface area contributed by atoms with Gasteiger partial charge in [0, 0.05) is 31.9 Å². The zero-order chi connectivity index (χ0) is 18.3. The second-order valence-electron chi connectivity index (χ2n) is 6.70. The molecule has 0 aromatic heterocycles. The van der Waals surface area contributed by atoms with Crippen LogP contribution in [0.3, 0.4) is 0 Å². The van der Waals surface area contributed by atoms with E-state index >= 15 is 0 Å². The number of anilines is 1. The number of carbonyl (C=O) groups excluding carboxylic acids is 2. The van der Waals surface area contributed by atoms with Gasteiger partial charge in [-0.3, -0.25) is 4.79 Å². The van der Waals surface area contributed by atoms with Crippen molar-refractivity contribution in [2.75, 3.05) is 25.0 Å². The number of hydrogen-bond acceptors (Lipinski definition) is 3. The van der Waals surface area contributed by atoms with Crippen molar-refractivity contribution in [3.05, 3.63) is 29.8 Å². The van der Waals surface area contributed by atoms with Crippen molar-refractivity contribution >= 4 is 17.6 Å². The Morgan fingerprint density at radius 3 is 2.48 bits per heavy atom. The predicted molar refractivity (Wildman–Crippen MR) is 100 cm³/mol. The first-order valence-corrected chi connectivity index (χ1v) is 9.18. The maximum absolute atomic E-state index is 12.5. The highest BCUT2D eigenvalue weighted by molar-refractivity contribution is 5.89. The third-order valence-corrected chi connectivity index (χ3v) is 5.25. The summed E-state index contributed by atoms with van der Waals surface area (Å²) in [6, 6.07) is 7.53. The number of carbonyl (C=O) groups is 2. The number of hydrogen-bond donors (Lipinski definition) is 3. The number of nitrogens with one attached hydrogen (secondary N) is 2. The fourth-order valence-corrected chi connectivity index (χ4v) is 3.20. The number of rotatable bonds is 7. The van der Waals surface area contributed by atoms with E-state index in [-0.39, 0.29) is 11.9 Å². The summed E-state index contributed by atoms with van der Waals surface area (Å²) in [7, 11) is 0. The number of nitrogens with two attached hydrogens (primary N) is 1. The molecule has 1 aromatic carbocycles. The van der Waals surface area contributed by atoms with Crippen molar-refractivity contribution in [3.63, 3.8) is 0 Å². The van der Waals surface area contributed by atoms with Gasteiger partial charge in [-0.15, -0.1) is 0 Å². The Morgan fingerprint density at radius 1 is 1.20 bits per heavy atom. The summed E-state index contributed by atoms with van der Waals surface area (Å²) in [4.78, 5) is 26.5. The van der Waals surface area contributed by atoms with Gasteiger partial charge in [-0.05, 0) is 43.4 Å². The lowest BCUT2D eigenvalue weighted by Gasteiger charge is -2.28. The first-order valence-electron chi connectivity index (χ1n) is 9.18. The molecule has 1 aliphatic rings. The largest absolute Gasteiger partial charge is 0.352 e. The van der Waals surface area contributed by atoms with Gasteiger partial charge in [-0.1, -0.05) is 26.0 Å². The zero-order valence-corrected chi connectivity index (χ0v) is 15.3. The van der Waals surface area contributed by atoms with Crippen molar-refractivity contribution < 1.29 is 9.59 Å². The molecule has 0 atom stereocenters. The summed E-state index contributed by atoms with van der Waals surface area (Å²) < 4.78 is 0. The summed E-state index contributed by atoms with van der Waals surface area (Å²) >= 11 is 0. The van der Waals surface area contributed by atoms with Gasteiger partial charge in [0.2, 0.25) is 5.91 Å². The lowest BCUT2D eigenvalue weighted by atomic mass is 9.81. The maximum Gasteiger partial charge on any atom is 0.321 e. The molecule has 25 heavy (non-hydrogen) atoms. The number of amides is 3. The van der Waals surface area contributed by atoms with Crippen molar-refractivity contribution in [1.82, 2.24) is 10.2 Å². The minimum Gasteiger partial charge on any atom is -0.352 e. The molecule has 1 saturated heterocycles. The molecule has 1 aromatic rings. The fraction of sp³-hybridized carbons (Fsp3) is 0.579. The van der Waals surface area contributed by atoms with Crippen LogP contribution in [-0.4, -0.2) is 36.5 Å². The van der Waals surface area contributed by atoms with Crippen LogP contribution in [0.2, 0.25) is 0 Å². The highest BCUT2D eigenvalue weighted by Crippen LogP contribution is 2.25. The molecule has 1 heterocycles. The first-order chi connectivity index (χ1) is 12.0. The lowest BCUT2D eigenvalue weighted by molar-refractivity contribution is -0.131. The average molecular weight is 346 g/mol. The third kappa shape index (κ3) is 4.72. The van der Waals surface area contributed by atoms with Crippen LogP contribution in [0.15, 0.2) is 24.3 Å². The Bertz CT molecular complexity index is 585. The van der Waals surface area contributed by atoms with Crippen molar-refractivity contribution in [3.8, 4) is 0 Å². The van der Waals surface area contributed by atoms with E-state index in [1.165, 1.54) is 0 Å². The molecule has 2 rings (SSSR count). The van der Waals surface area contributed by atoms with Crippen LogP contribution in [0.5, 0.6) is 0 Å². The second-order valence-corrected chi connectivity index (χ2v) is 6.70. The van der Waals surface area contributed by atoms with Crippen LogP contribution in [-0.2, 0) is 11.3 Å². The number of likely N-dealkylation sites (tertiary alicyclic amines) is 1. The van der Waals surface area contributed by atoms with Crippen LogP contribution < -0.4 is 16.4 Å². The molecule has 0 bridgehead atoms. The third-order valence-electron chi connectivity index (χ3n) is 5.25. The highest BCUT2D eigenvalue weighted by atomic mass is 16.2. The van der Waals surface area contributed by atoms with Crippen molar-refractivity contribution in [2.24, 2.45) is 11.1 Å². The molecular weight excluding hydrogens is 316 g/mol. The van der Waals surface area contributed by atoms with Gasteiger partial charge in [-0.25, -0.2) is 4.79 Å². The van der Waals surface area contributed by atoms with Crippen LogP contribution in [0.25, 0.3) is 0 Å². The summed E-state index contributed by atoms with van der Waals surface area (Å²) in [5, 5.41) is 5.92. The fourth-order valence-electron chi connectivity index (χ4n) is 3.20. The predicted octanol–water partition coefficient (Wildman–Crippen LogP) is 2.70. The number of urea groups is 1. The van der Waals surface area contributed by atoms with E-state index in [1.54, 1.807) is 0 Å². The Morgan fingerprint density at radius 2 is 1.88 bits per heavy atom. The molecule has 1 aliphatic heterocycles. The average Bonchev–Trinajstić information content (AvgIpc) is 3.17. The van der Waals surface area contributed by atoms with Crippen LogP contribution in [0.4, 0.5) is 10.5 Å². The smallest absolute Gasteiger partial charge is 0.321 e. The van der Waals surface area contributed by atoms with E-state index in [0.717, 1.165) is 50.0 Å². The molecule has 3 amide bonds. The molecule has 1 fully saturated rings. The maximum atomic E-state index is 12.5. The molecule has 0 unspecified atom stereocenters. The summed E-state index contributed by atoms with van der Waals surface area (Å²) in [5.74, 6) is -0.00787. The first kappa shape index (κ1) is 19.2. The lowest BCUT2D eigenvalue weighted by Crippen LogP contribution is -2.45. The molecule has 0 radical (unpaired) electrons. The summed E-state index contributed by atoms with van der Waals surface area (Å²) in [5.41, 5.74) is 7.03. The van der Waals surface area contributed by atoms with Crippen LogP contribution in [0, 0.1) is 5.41 Å². The van der Waals surface area contributed by atoms with E-state index in [9.17, 15) is 9.59 Å². The monoisotopic (exact) mass is 346 g/mol. The van der Waals surface area contributed by atoms with Crippen molar-refractivity contribution in [1.29, 1.82) is 0 Å². The minimum atomic E-state index is -0.498. The number of nitrogens with zero attached hydrogens (tertiary/aromatic N) is 1. The molecule has 4 N–H and O–H groups in total. The van der Waals surface area contributed by atoms with Crippen LogP contribution >= 0.6 is 0 Å². The molecule has 6 heteroatoms. The molecular formula is C19H30N4O2. The van der Waals surface area contributed by atoms with E-state index < -0.39 is 5.41 Å².